The van der Waals surface area contributed by atoms with Crippen LogP contribution in [0.5, 0.6) is 5.75 Å². The standard InChI is InChI=1S/C28H30N2O3S/c1-21-28(23-15-17-29(18-16-23)34(31,32)25-11-4-3-5-12-25)26-13-6-7-14-27(26)30(21)20-22-9-8-10-24(19-22)33-2/h3-14,19,23H,15-18,20H2,1-2H3. The van der Waals surface area contributed by atoms with Crippen molar-refractivity contribution < 1.29 is 13.2 Å². The number of para-hydroxylation sites is 1. The maximum Gasteiger partial charge on any atom is 0.243 e. The lowest BCUT2D eigenvalue weighted by Crippen LogP contribution is -2.38. The third kappa shape index (κ3) is 4.12. The number of rotatable bonds is 6. The number of aromatic nitrogens is 1. The lowest BCUT2D eigenvalue weighted by atomic mass is 9.88. The highest BCUT2D eigenvalue weighted by Gasteiger charge is 2.32. The van der Waals surface area contributed by atoms with Gasteiger partial charge in [-0.05, 0) is 67.1 Å². The first kappa shape index (κ1) is 22.7. The molecule has 2 heterocycles. The Balaban J connectivity index is 1.43. The molecule has 1 aliphatic heterocycles. The van der Waals surface area contributed by atoms with Gasteiger partial charge in [0.25, 0.3) is 0 Å². The average molecular weight is 475 g/mol. The molecule has 6 heteroatoms. The van der Waals surface area contributed by atoms with Gasteiger partial charge in [-0.2, -0.15) is 4.31 Å². The molecule has 176 valence electrons. The number of methoxy groups -OCH3 is 1. The van der Waals surface area contributed by atoms with E-state index in [-0.39, 0.29) is 0 Å². The monoisotopic (exact) mass is 474 g/mol. The van der Waals surface area contributed by atoms with Gasteiger partial charge in [0.2, 0.25) is 10.0 Å². The number of sulfonamides is 1. The van der Waals surface area contributed by atoms with Gasteiger partial charge in [0.15, 0.2) is 0 Å². The number of hydrogen-bond donors (Lipinski definition) is 0. The van der Waals surface area contributed by atoms with E-state index in [2.05, 4.69) is 47.9 Å². The smallest absolute Gasteiger partial charge is 0.243 e. The van der Waals surface area contributed by atoms with Crippen LogP contribution in [0.25, 0.3) is 10.9 Å². The molecule has 4 aromatic rings. The summed E-state index contributed by atoms with van der Waals surface area (Å²) in [4.78, 5) is 0.375. The maximum absolute atomic E-state index is 13.1. The Labute approximate surface area is 201 Å². The molecular formula is C28H30N2O3S. The lowest BCUT2D eigenvalue weighted by molar-refractivity contribution is 0.319. The molecular weight excluding hydrogens is 444 g/mol. The van der Waals surface area contributed by atoms with E-state index in [9.17, 15) is 8.42 Å². The van der Waals surface area contributed by atoms with Crippen LogP contribution in [0.2, 0.25) is 0 Å². The summed E-state index contributed by atoms with van der Waals surface area (Å²) in [5, 5.41) is 1.27. The lowest BCUT2D eigenvalue weighted by Gasteiger charge is -2.31. The van der Waals surface area contributed by atoms with Crippen LogP contribution in [0.3, 0.4) is 0 Å². The molecule has 0 radical (unpaired) electrons. The Hall–Kier alpha value is -3.09. The van der Waals surface area contributed by atoms with Gasteiger partial charge in [0, 0.05) is 36.2 Å². The predicted molar refractivity (Wildman–Crippen MR) is 136 cm³/mol. The highest BCUT2D eigenvalue weighted by Crippen LogP contribution is 2.38. The summed E-state index contributed by atoms with van der Waals surface area (Å²) in [7, 11) is -1.75. The van der Waals surface area contributed by atoms with E-state index in [0.717, 1.165) is 25.1 Å². The van der Waals surface area contributed by atoms with Crippen LogP contribution < -0.4 is 4.74 Å². The summed E-state index contributed by atoms with van der Waals surface area (Å²) in [6.45, 7) is 4.04. The molecule has 0 amide bonds. The summed E-state index contributed by atoms with van der Waals surface area (Å²) in [6, 6.07) is 25.5. The van der Waals surface area contributed by atoms with E-state index in [1.54, 1.807) is 35.7 Å². The zero-order valence-electron chi connectivity index (χ0n) is 19.6. The van der Waals surface area contributed by atoms with Gasteiger partial charge in [0.1, 0.15) is 5.75 Å². The Morgan fingerprint density at radius 3 is 2.35 bits per heavy atom. The Kier molecular flexibility index (Phi) is 6.19. The summed E-state index contributed by atoms with van der Waals surface area (Å²) >= 11 is 0. The van der Waals surface area contributed by atoms with Gasteiger partial charge in [0.05, 0.1) is 12.0 Å². The van der Waals surface area contributed by atoms with E-state index < -0.39 is 10.0 Å². The summed E-state index contributed by atoms with van der Waals surface area (Å²) in [6.07, 6.45) is 1.64. The normalized spacial score (nSPS) is 15.6. The van der Waals surface area contributed by atoms with Crippen LogP contribution in [0.1, 0.15) is 35.6 Å². The number of ether oxygens (including phenoxy) is 1. The van der Waals surface area contributed by atoms with Crippen LogP contribution in [-0.2, 0) is 16.6 Å². The molecule has 5 rings (SSSR count). The number of nitrogens with zero attached hydrogens (tertiary/aromatic N) is 2. The van der Waals surface area contributed by atoms with Gasteiger partial charge >= 0.3 is 0 Å². The molecule has 34 heavy (non-hydrogen) atoms. The van der Waals surface area contributed by atoms with Crippen molar-refractivity contribution in [3.8, 4) is 5.75 Å². The second-order valence-corrected chi connectivity index (χ2v) is 10.9. The molecule has 5 nitrogen and oxygen atoms in total. The van der Waals surface area contributed by atoms with Crippen LogP contribution in [0.15, 0.2) is 83.8 Å². The van der Waals surface area contributed by atoms with E-state index in [4.69, 9.17) is 4.74 Å². The fourth-order valence-corrected chi connectivity index (χ4v) is 6.75. The van der Waals surface area contributed by atoms with Crippen molar-refractivity contribution >= 4 is 20.9 Å². The molecule has 0 atom stereocenters. The van der Waals surface area contributed by atoms with Gasteiger partial charge in [-0.25, -0.2) is 8.42 Å². The quantitative estimate of drug-likeness (QED) is 0.367. The first-order valence-electron chi connectivity index (χ1n) is 11.7. The minimum Gasteiger partial charge on any atom is -0.497 e. The van der Waals surface area contributed by atoms with E-state index in [1.807, 2.05) is 18.2 Å². The fourth-order valence-electron chi connectivity index (χ4n) is 5.26. The Bertz CT molecular complexity index is 1400. The summed E-state index contributed by atoms with van der Waals surface area (Å²) in [5.74, 6) is 1.19. The minimum absolute atomic E-state index is 0.332. The molecule has 0 bridgehead atoms. The largest absolute Gasteiger partial charge is 0.497 e. The molecule has 1 aliphatic rings. The topological polar surface area (TPSA) is 51.5 Å². The van der Waals surface area contributed by atoms with Gasteiger partial charge in [-0.15, -0.1) is 0 Å². The molecule has 0 N–H and O–H groups in total. The zero-order valence-corrected chi connectivity index (χ0v) is 20.5. The average Bonchev–Trinajstić information content (AvgIpc) is 3.16. The van der Waals surface area contributed by atoms with Crippen molar-refractivity contribution in [2.24, 2.45) is 0 Å². The van der Waals surface area contributed by atoms with Crippen molar-refractivity contribution in [1.82, 2.24) is 8.87 Å². The van der Waals surface area contributed by atoms with Crippen LogP contribution in [-0.4, -0.2) is 37.5 Å². The molecule has 1 saturated heterocycles. The fraction of sp³-hybridized carbons (Fsp3) is 0.286. The van der Waals surface area contributed by atoms with Crippen LogP contribution >= 0.6 is 0 Å². The molecule has 1 fully saturated rings. The maximum atomic E-state index is 13.1. The third-order valence-electron chi connectivity index (χ3n) is 7.00. The molecule has 0 aliphatic carbocycles. The Morgan fingerprint density at radius 2 is 1.62 bits per heavy atom. The van der Waals surface area contributed by atoms with Gasteiger partial charge in [-0.1, -0.05) is 48.5 Å². The van der Waals surface area contributed by atoms with Crippen molar-refractivity contribution in [3.05, 3.63) is 95.7 Å². The first-order valence-corrected chi connectivity index (χ1v) is 13.2. The Morgan fingerprint density at radius 1 is 0.912 bits per heavy atom. The number of hydrogen-bond acceptors (Lipinski definition) is 3. The van der Waals surface area contributed by atoms with Crippen molar-refractivity contribution in [2.45, 2.75) is 37.1 Å². The van der Waals surface area contributed by atoms with E-state index >= 15 is 0 Å². The zero-order chi connectivity index (χ0) is 23.7. The second kappa shape index (κ2) is 9.28. The van der Waals surface area contributed by atoms with E-state index in [1.165, 1.54) is 27.7 Å². The van der Waals surface area contributed by atoms with E-state index in [0.29, 0.717) is 23.9 Å². The van der Waals surface area contributed by atoms with Gasteiger partial charge in [-0.3, -0.25) is 0 Å². The second-order valence-electron chi connectivity index (χ2n) is 8.95. The number of piperidine rings is 1. The highest BCUT2D eigenvalue weighted by atomic mass is 32.2. The van der Waals surface area contributed by atoms with Crippen molar-refractivity contribution in [1.29, 1.82) is 0 Å². The molecule has 0 unspecified atom stereocenters. The number of fused-ring (bicyclic) bond motifs is 1. The molecule has 3 aromatic carbocycles. The summed E-state index contributed by atoms with van der Waals surface area (Å²) < 4.78 is 35.6. The van der Waals surface area contributed by atoms with Crippen LogP contribution in [0, 0.1) is 6.92 Å². The molecule has 0 saturated carbocycles. The predicted octanol–water partition coefficient (Wildman–Crippen LogP) is 5.57. The SMILES string of the molecule is COc1cccc(Cn2c(C)c(C3CCN(S(=O)(=O)c4ccccc4)CC3)c3ccccc32)c1. The minimum atomic E-state index is -3.45. The van der Waals surface area contributed by atoms with Crippen LogP contribution in [0.4, 0.5) is 0 Å². The van der Waals surface area contributed by atoms with Crippen molar-refractivity contribution in [2.75, 3.05) is 20.2 Å². The number of benzene rings is 3. The first-order chi connectivity index (χ1) is 16.5. The van der Waals surface area contributed by atoms with Crippen molar-refractivity contribution in [3.63, 3.8) is 0 Å². The summed E-state index contributed by atoms with van der Waals surface area (Å²) in [5.41, 5.74) is 5.03. The highest BCUT2D eigenvalue weighted by molar-refractivity contribution is 7.89. The molecule has 1 aromatic heterocycles. The third-order valence-corrected chi connectivity index (χ3v) is 8.91. The van der Waals surface area contributed by atoms with Gasteiger partial charge < -0.3 is 9.30 Å². The molecule has 0 spiro atoms.